The first-order valence-electron chi connectivity index (χ1n) is 38.6. The van der Waals surface area contributed by atoms with Gasteiger partial charge in [-0.3, -0.25) is 37.3 Å². The molecule has 0 aromatic carbocycles. The highest BCUT2D eigenvalue weighted by Crippen LogP contribution is 2.45. The molecule has 0 rings (SSSR count). The average Bonchev–Trinajstić information content (AvgIpc) is 1.69. The summed E-state index contributed by atoms with van der Waals surface area (Å²) in [4.78, 5) is 72.6. The summed E-state index contributed by atoms with van der Waals surface area (Å²) in [7, 11) is -9.90. The van der Waals surface area contributed by atoms with Crippen molar-refractivity contribution in [3.05, 3.63) is 0 Å². The number of carbonyl (C=O) groups excluding carboxylic acids is 4. The van der Waals surface area contributed by atoms with E-state index in [-0.39, 0.29) is 25.7 Å². The minimum Gasteiger partial charge on any atom is -0.462 e. The fourth-order valence-electron chi connectivity index (χ4n) is 11.4. The molecule has 0 heterocycles. The van der Waals surface area contributed by atoms with Crippen molar-refractivity contribution in [1.29, 1.82) is 0 Å². The molecule has 19 heteroatoms. The summed E-state index contributed by atoms with van der Waals surface area (Å²) in [5, 5.41) is 10.6. The van der Waals surface area contributed by atoms with E-state index in [1.807, 2.05) is 0 Å². The zero-order valence-electron chi connectivity index (χ0n) is 60.4. The zero-order chi connectivity index (χ0) is 68.4. The molecule has 0 aromatic rings. The van der Waals surface area contributed by atoms with E-state index in [0.717, 1.165) is 89.9 Å². The van der Waals surface area contributed by atoms with E-state index in [4.69, 9.17) is 37.0 Å². The highest BCUT2D eigenvalue weighted by Gasteiger charge is 2.30. The van der Waals surface area contributed by atoms with Crippen molar-refractivity contribution in [2.75, 3.05) is 39.6 Å². The van der Waals surface area contributed by atoms with E-state index in [1.54, 1.807) is 0 Å². The number of unbranched alkanes of at least 4 members (excludes halogenated alkanes) is 46. The van der Waals surface area contributed by atoms with Gasteiger partial charge in [0.25, 0.3) is 0 Å². The number of hydrogen-bond donors (Lipinski definition) is 3. The number of aliphatic hydroxyl groups excluding tert-OH is 1. The summed E-state index contributed by atoms with van der Waals surface area (Å²) in [6.45, 7) is 7.19. The van der Waals surface area contributed by atoms with Crippen LogP contribution in [0.5, 0.6) is 0 Å². The maximum Gasteiger partial charge on any atom is 0.472 e. The smallest absolute Gasteiger partial charge is 0.462 e. The quantitative estimate of drug-likeness (QED) is 0.0222. The van der Waals surface area contributed by atoms with Gasteiger partial charge in [-0.1, -0.05) is 336 Å². The van der Waals surface area contributed by atoms with Crippen molar-refractivity contribution in [1.82, 2.24) is 0 Å². The molecule has 0 fully saturated rings. The Morgan fingerprint density at radius 2 is 0.495 bits per heavy atom. The number of rotatable bonds is 74. The van der Waals surface area contributed by atoms with Crippen LogP contribution in [0.4, 0.5) is 0 Å². The Morgan fingerprint density at radius 1 is 0.290 bits per heavy atom. The Hall–Kier alpha value is -1.94. The fraction of sp³-hybridized carbons (Fsp3) is 0.946. The first kappa shape index (κ1) is 91.1. The number of hydrogen-bond acceptors (Lipinski definition) is 15. The Bertz CT molecular complexity index is 1790. The topological polar surface area (TPSA) is 237 Å². The predicted molar refractivity (Wildman–Crippen MR) is 377 cm³/mol. The molecule has 0 aromatic heterocycles. The lowest BCUT2D eigenvalue weighted by molar-refractivity contribution is -0.161. The highest BCUT2D eigenvalue weighted by atomic mass is 31.2. The van der Waals surface area contributed by atoms with Gasteiger partial charge in [-0.15, -0.1) is 0 Å². The minimum atomic E-state index is -4.95. The van der Waals surface area contributed by atoms with Gasteiger partial charge in [0.1, 0.15) is 19.3 Å². The summed E-state index contributed by atoms with van der Waals surface area (Å²) >= 11 is 0. The Labute approximate surface area is 568 Å². The molecule has 0 aliphatic rings. The predicted octanol–water partition coefficient (Wildman–Crippen LogP) is 21.7. The van der Waals surface area contributed by atoms with E-state index < -0.39 is 97.5 Å². The third-order valence-corrected chi connectivity index (χ3v) is 19.2. The van der Waals surface area contributed by atoms with Crippen LogP contribution in [0.15, 0.2) is 0 Å². The molecule has 0 amide bonds. The van der Waals surface area contributed by atoms with Crippen LogP contribution < -0.4 is 0 Å². The largest absolute Gasteiger partial charge is 0.472 e. The highest BCUT2D eigenvalue weighted by molar-refractivity contribution is 7.47. The van der Waals surface area contributed by atoms with Crippen LogP contribution in [0.3, 0.4) is 0 Å². The van der Waals surface area contributed by atoms with Crippen molar-refractivity contribution in [3.8, 4) is 0 Å². The van der Waals surface area contributed by atoms with Crippen LogP contribution in [0, 0.1) is 5.92 Å². The summed E-state index contributed by atoms with van der Waals surface area (Å²) in [5.41, 5.74) is 0. The zero-order valence-corrected chi connectivity index (χ0v) is 62.2. The summed E-state index contributed by atoms with van der Waals surface area (Å²) in [6.07, 6.45) is 55.7. The van der Waals surface area contributed by atoms with Gasteiger partial charge in [0.05, 0.1) is 26.4 Å². The Balaban J connectivity index is 5.14. The second kappa shape index (κ2) is 67.3. The Kier molecular flexibility index (Phi) is 65.9. The molecule has 3 N–H and O–H groups in total. The average molecular weight is 1370 g/mol. The van der Waals surface area contributed by atoms with Gasteiger partial charge in [-0.2, -0.15) is 0 Å². The maximum absolute atomic E-state index is 13.0. The summed E-state index contributed by atoms with van der Waals surface area (Å²) < 4.78 is 68.3. The van der Waals surface area contributed by atoms with Crippen LogP contribution >= 0.6 is 15.6 Å². The third kappa shape index (κ3) is 68.4. The molecule has 0 saturated carbocycles. The van der Waals surface area contributed by atoms with Gasteiger partial charge in [0.2, 0.25) is 0 Å². The van der Waals surface area contributed by atoms with Gasteiger partial charge < -0.3 is 33.8 Å². The molecule has 0 aliphatic carbocycles. The number of carbonyl (C=O) groups is 4. The molecular formula is C74H144O17P2. The van der Waals surface area contributed by atoms with Crippen molar-refractivity contribution in [2.45, 2.75) is 406 Å². The molecule has 17 nitrogen and oxygen atoms in total. The second-order valence-electron chi connectivity index (χ2n) is 27.2. The van der Waals surface area contributed by atoms with Crippen molar-refractivity contribution >= 4 is 39.5 Å². The van der Waals surface area contributed by atoms with Crippen molar-refractivity contribution < 1.29 is 80.2 Å². The lowest BCUT2D eigenvalue weighted by Gasteiger charge is -2.21. The van der Waals surface area contributed by atoms with Crippen LogP contribution in [0.25, 0.3) is 0 Å². The Morgan fingerprint density at radius 3 is 0.731 bits per heavy atom. The molecule has 0 radical (unpaired) electrons. The van der Waals surface area contributed by atoms with E-state index >= 15 is 0 Å². The van der Waals surface area contributed by atoms with E-state index in [2.05, 4.69) is 34.6 Å². The third-order valence-electron chi connectivity index (χ3n) is 17.3. The van der Waals surface area contributed by atoms with Gasteiger partial charge in [-0.25, -0.2) is 9.13 Å². The first-order valence-corrected chi connectivity index (χ1v) is 41.6. The van der Waals surface area contributed by atoms with Crippen LogP contribution in [0.1, 0.15) is 388 Å². The lowest BCUT2D eigenvalue weighted by Crippen LogP contribution is -2.30. The van der Waals surface area contributed by atoms with E-state index in [1.165, 1.54) is 212 Å². The van der Waals surface area contributed by atoms with Gasteiger partial charge in [0, 0.05) is 25.7 Å². The fourth-order valence-corrected chi connectivity index (χ4v) is 12.9. The maximum atomic E-state index is 13.0. The number of esters is 4. The molecule has 0 saturated heterocycles. The summed E-state index contributed by atoms with van der Waals surface area (Å²) in [5.74, 6) is -1.43. The lowest BCUT2D eigenvalue weighted by atomic mass is 10.0. The SMILES string of the molecule is CCCCCCCCCCCCCCCCCCCCCCCCC(=O)O[C@H](COC(=O)CCCCCCCCCCCCC)COP(=O)(O)OC[C@@H](O)COP(=O)(O)OC[C@@H](COC(=O)CCCCCCCCCCCC)OC(=O)CCCCCCCCCC(C)C. The molecule has 0 aliphatic heterocycles. The van der Waals surface area contributed by atoms with Gasteiger partial charge in [0.15, 0.2) is 12.2 Å². The number of phosphoric acid groups is 2. The standard InChI is InChI=1S/C74H144O17P2/c1-6-9-12-15-18-21-24-25-26-27-28-29-30-31-32-33-34-36-39-44-49-54-59-73(78)90-69(63-85-72(77)58-53-48-43-38-35-22-19-16-13-10-7-2)65-88-92(80,81)86-61-68(75)62-87-93(82,83)89-66-70(91-74(79)60-55-50-45-40-41-46-51-56-67(4)5)64-84-71(76)57-52-47-42-37-23-20-17-14-11-8-3/h67-70,75H,6-66H2,1-5H3,(H,80,81)(H,82,83)/t68-,69-,70-/m1/s1. The molecule has 0 bridgehead atoms. The molecule has 2 unspecified atom stereocenters. The molecular weight excluding hydrogens is 1220 g/mol. The number of phosphoric ester groups is 2. The summed E-state index contributed by atoms with van der Waals surface area (Å²) in [6, 6.07) is 0. The second-order valence-corrected chi connectivity index (χ2v) is 30.1. The minimum absolute atomic E-state index is 0.104. The van der Waals surface area contributed by atoms with E-state index in [0.29, 0.717) is 31.6 Å². The number of ether oxygens (including phenoxy) is 4. The molecule has 93 heavy (non-hydrogen) atoms. The molecule has 0 spiro atoms. The van der Waals surface area contributed by atoms with Crippen molar-refractivity contribution in [2.24, 2.45) is 5.92 Å². The van der Waals surface area contributed by atoms with Crippen LogP contribution in [-0.2, 0) is 65.4 Å². The molecule has 552 valence electrons. The first-order chi connectivity index (χ1) is 45.0. The van der Waals surface area contributed by atoms with Gasteiger partial charge >= 0.3 is 39.5 Å². The number of aliphatic hydroxyl groups is 1. The van der Waals surface area contributed by atoms with Gasteiger partial charge in [-0.05, 0) is 31.6 Å². The normalized spacial score (nSPS) is 14.0. The monoisotopic (exact) mass is 1370 g/mol. The van der Waals surface area contributed by atoms with Crippen molar-refractivity contribution in [3.63, 3.8) is 0 Å². The van der Waals surface area contributed by atoms with Crippen LogP contribution in [0.2, 0.25) is 0 Å². The van der Waals surface area contributed by atoms with Crippen LogP contribution in [-0.4, -0.2) is 96.7 Å². The van der Waals surface area contributed by atoms with E-state index in [9.17, 15) is 43.2 Å². The molecule has 5 atom stereocenters.